The molecule has 0 heterocycles. The van der Waals surface area contributed by atoms with E-state index < -0.39 is 11.9 Å². The van der Waals surface area contributed by atoms with Gasteiger partial charge in [-0.2, -0.15) is 0 Å². The summed E-state index contributed by atoms with van der Waals surface area (Å²) in [5, 5.41) is 1.03. The fourth-order valence-electron chi connectivity index (χ4n) is 4.18. The van der Waals surface area contributed by atoms with Gasteiger partial charge in [-0.25, -0.2) is 0 Å². The van der Waals surface area contributed by atoms with Crippen molar-refractivity contribution < 1.29 is 14.3 Å². The van der Waals surface area contributed by atoms with Gasteiger partial charge in [0.1, 0.15) is 5.92 Å². The third kappa shape index (κ3) is 5.61. The fraction of sp³-hybridized carbons (Fsp3) is 0.417. The van der Waals surface area contributed by atoms with Crippen LogP contribution in [0.2, 0.25) is 10.0 Å². The monoisotopic (exact) mass is 432 g/mol. The van der Waals surface area contributed by atoms with Crippen molar-refractivity contribution in [2.45, 2.75) is 44.9 Å². The number of carbonyl (C=O) groups excluding carboxylic acids is 2. The van der Waals surface area contributed by atoms with Crippen LogP contribution >= 0.6 is 23.2 Å². The Morgan fingerprint density at radius 3 is 2.38 bits per heavy atom. The molecule has 3 nitrogen and oxygen atoms in total. The average molecular weight is 433 g/mol. The summed E-state index contributed by atoms with van der Waals surface area (Å²) >= 11 is 12.4. The van der Waals surface area contributed by atoms with E-state index in [9.17, 15) is 9.59 Å². The van der Waals surface area contributed by atoms with Crippen molar-refractivity contribution in [3.8, 4) is 0 Å². The number of ether oxygens (including phenoxy) is 1. The summed E-state index contributed by atoms with van der Waals surface area (Å²) in [5.74, 6) is -1.00. The number of hydrogen-bond acceptors (Lipinski definition) is 3. The van der Waals surface area contributed by atoms with Gasteiger partial charge < -0.3 is 4.74 Å². The fourth-order valence-corrected chi connectivity index (χ4v) is 4.57. The van der Waals surface area contributed by atoms with Gasteiger partial charge in [0.05, 0.1) is 6.61 Å². The van der Waals surface area contributed by atoms with Crippen molar-refractivity contribution in [1.82, 2.24) is 0 Å². The van der Waals surface area contributed by atoms with Crippen molar-refractivity contribution in [3.63, 3.8) is 0 Å². The number of ketones is 1. The van der Waals surface area contributed by atoms with Crippen LogP contribution in [0.4, 0.5) is 0 Å². The standard InChI is InChI=1S/C24H26Cl2O3/c1-2-29-24(28)21(15-19-14-20(25)12-13-22(19)26)23(27)18-10-8-17(9-11-18)16-6-4-3-5-7-16/h3-7,12-14,17-18,21H,2,8-11,15H2,1H3/t17-,18-,21?. The van der Waals surface area contributed by atoms with Crippen LogP contribution in [-0.4, -0.2) is 18.4 Å². The molecule has 3 rings (SSSR count). The maximum Gasteiger partial charge on any atom is 0.316 e. The zero-order valence-corrected chi connectivity index (χ0v) is 18.1. The molecule has 0 bridgehead atoms. The van der Waals surface area contributed by atoms with Crippen LogP contribution in [0.1, 0.15) is 49.7 Å². The Labute approximate surface area is 182 Å². The second-order valence-corrected chi connectivity index (χ2v) is 8.45. The first-order valence-electron chi connectivity index (χ1n) is 10.2. The third-order valence-electron chi connectivity index (χ3n) is 5.75. The van der Waals surface area contributed by atoms with Gasteiger partial charge in [-0.05, 0) is 74.3 Å². The molecule has 1 saturated carbocycles. The van der Waals surface area contributed by atoms with E-state index in [0.29, 0.717) is 21.5 Å². The van der Waals surface area contributed by atoms with Gasteiger partial charge in [0, 0.05) is 16.0 Å². The second-order valence-electron chi connectivity index (χ2n) is 7.61. The summed E-state index contributed by atoms with van der Waals surface area (Å²) in [5.41, 5.74) is 2.02. The minimum Gasteiger partial charge on any atom is -0.465 e. The molecular weight excluding hydrogens is 407 g/mol. The molecular formula is C24H26Cl2O3. The van der Waals surface area contributed by atoms with Gasteiger partial charge >= 0.3 is 5.97 Å². The van der Waals surface area contributed by atoms with E-state index in [0.717, 1.165) is 25.7 Å². The largest absolute Gasteiger partial charge is 0.465 e. The Balaban J connectivity index is 1.71. The summed E-state index contributed by atoms with van der Waals surface area (Å²) in [6.45, 7) is 1.99. The quantitative estimate of drug-likeness (QED) is 0.383. The van der Waals surface area contributed by atoms with Crippen LogP contribution in [0.25, 0.3) is 0 Å². The molecule has 0 radical (unpaired) electrons. The molecule has 29 heavy (non-hydrogen) atoms. The molecule has 1 atom stereocenters. The lowest BCUT2D eigenvalue weighted by Gasteiger charge is -2.30. The van der Waals surface area contributed by atoms with Crippen LogP contribution < -0.4 is 0 Å². The van der Waals surface area contributed by atoms with Crippen molar-refractivity contribution in [3.05, 3.63) is 69.7 Å². The van der Waals surface area contributed by atoms with Crippen LogP contribution in [0.15, 0.2) is 48.5 Å². The topological polar surface area (TPSA) is 43.4 Å². The molecule has 0 saturated heterocycles. The summed E-state index contributed by atoms with van der Waals surface area (Å²) in [7, 11) is 0. The van der Waals surface area contributed by atoms with Crippen molar-refractivity contribution in [2.24, 2.45) is 11.8 Å². The lowest BCUT2D eigenvalue weighted by Crippen LogP contribution is -2.34. The Hall–Kier alpha value is -1.84. The van der Waals surface area contributed by atoms with E-state index in [2.05, 4.69) is 24.3 Å². The number of Topliss-reactive ketones (excluding diaryl/α,β-unsaturated/α-hetero) is 1. The molecule has 1 unspecified atom stereocenters. The van der Waals surface area contributed by atoms with Crippen LogP contribution in [-0.2, 0) is 20.7 Å². The van der Waals surface area contributed by atoms with Crippen LogP contribution in [0.5, 0.6) is 0 Å². The number of carbonyl (C=O) groups is 2. The molecule has 0 aromatic heterocycles. The molecule has 5 heteroatoms. The Kier molecular flexibility index (Phi) is 7.74. The summed E-state index contributed by atoms with van der Waals surface area (Å²) < 4.78 is 5.21. The van der Waals surface area contributed by atoms with Gasteiger partial charge in [-0.3, -0.25) is 9.59 Å². The average Bonchev–Trinajstić information content (AvgIpc) is 2.74. The van der Waals surface area contributed by atoms with Crippen LogP contribution in [0, 0.1) is 11.8 Å². The molecule has 0 N–H and O–H groups in total. The van der Waals surface area contributed by atoms with Gasteiger partial charge in [0.25, 0.3) is 0 Å². The lowest BCUT2D eigenvalue weighted by molar-refractivity contribution is -0.152. The lowest BCUT2D eigenvalue weighted by atomic mass is 9.74. The normalized spacial score (nSPS) is 20.1. The number of hydrogen-bond donors (Lipinski definition) is 0. The highest BCUT2D eigenvalue weighted by Crippen LogP contribution is 2.37. The van der Waals surface area contributed by atoms with E-state index >= 15 is 0 Å². The number of benzene rings is 2. The molecule has 2 aromatic carbocycles. The number of halogens is 2. The Morgan fingerprint density at radius 2 is 1.72 bits per heavy atom. The molecule has 1 fully saturated rings. The SMILES string of the molecule is CCOC(=O)C(Cc1cc(Cl)ccc1Cl)C(=O)[C@H]1CC[C@H](c2ccccc2)CC1. The number of rotatable bonds is 7. The minimum absolute atomic E-state index is 0.0361. The molecule has 0 spiro atoms. The van der Waals surface area contributed by atoms with Crippen LogP contribution in [0.3, 0.4) is 0 Å². The van der Waals surface area contributed by atoms with Gasteiger partial charge in [-0.1, -0.05) is 53.5 Å². The van der Waals surface area contributed by atoms with Crippen molar-refractivity contribution in [2.75, 3.05) is 6.61 Å². The molecule has 0 aliphatic heterocycles. The first kappa shape index (κ1) is 21.9. The molecule has 2 aromatic rings. The van der Waals surface area contributed by atoms with Gasteiger partial charge in [0.15, 0.2) is 5.78 Å². The molecule has 1 aliphatic rings. The van der Waals surface area contributed by atoms with Gasteiger partial charge in [0.2, 0.25) is 0 Å². The maximum atomic E-state index is 13.3. The first-order valence-corrected chi connectivity index (χ1v) is 10.9. The molecule has 0 amide bonds. The zero-order valence-electron chi connectivity index (χ0n) is 16.6. The summed E-state index contributed by atoms with van der Waals surface area (Å²) in [4.78, 5) is 25.9. The van der Waals surface area contributed by atoms with Crippen molar-refractivity contribution >= 4 is 35.0 Å². The first-order chi connectivity index (χ1) is 14.0. The predicted molar refractivity (Wildman–Crippen MR) is 116 cm³/mol. The summed E-state index contributed by atoms with van der Waals surface area (Å²) in [6, 6.07) is 15.5. The smallest absolute Gasteiger partial charge is 0.316 e. The van der Waals surface area contributed by atoms with E-state index in [4.69, 9.17) is 27.9 Å². The van der Waals surface area contributed by atoms with E-state index in [1.165, 1.54) is 5.56 Å². The minimum atomic E-state index is -0.843. The van der Waals surface area contributed by atoms with E-state index in [-0.39, 0.29) is 24.7 Å². The Bertz CT molecular complexity index is 842. The second kappa shape index (κ2) is 10.3. The van der Waals surface area contributed by atoms with E-state index in [1.807, 2.05) is 6.07 Å². The predicted octanol–water partition coefficient (Wildman–Crippen LogP) is 6.26. The number of esters is 1. The van der Waals surface area contributed by atoms with Gasteiger partial charge in [-0.15, -0.1) is 0 Å². The van der Waals surface area contributed by atoms with Crippen molar-refractivity contribution in [1.29, 1.82) is 0 Å². The highest BCUT2D eigenvalue weighted by atomic mass is 35.5. The third-order valence-corrected chi connectivity index (χ3v) is 6.35. The zero-order chi connectivity index (χ0) is 20.8. The molecule has 154 valence electrons. The summed E-state index contributed by atoms with van der Waals surface area (Å²) in [6.07, 6.45) is 3.70. The van der Waals surface area contributed by atoms with E-state index in [1.54, 1.807) is 25.1 Å². The highest BCUT2D eigenvalue weighted by molar-refractivity contribution is 6.33. The Morgan fingerprint density at radius 1 is 1.03 bits per heavy atom. The maximum absolute atomic E-state index is 13.3. The molecule has 1 aliphatic carbocycles. The highest BCUT2D eigenvalue weighted by Gasteiger charge is 2.36.